The maximum absolute atomic E-state index is 5.76. The molecule has 6 rings (SSSR count). The molecule has 2 fully saturated rings. The number of aromatic nitrogens is 4. The van der Waals surface area contributed by atoms with Gasteiger partial charge in [0, 0.05) is 81.6 Å². The van der Waals surface area contributed by atoms with E-state index in [2.05, 4.69) is 54.2 Å². The molecule has 10 nitrogen and oxygen atoms in total. The number of ether oxygens (including phenoxy) is 1. The first-order valence-electron chi connectivity index (χ1n) is 12.9. The van der Waals surface area contributed by atoms with Crippen molar-refractivity contribution in [2.24, 2.45) is 0 Å². The van der Waals surface area contributed by atoms with Crippen LogP contribution in [-0.2, 0) is 17.6 Å². The molecule has 3 aromatic rings. The van der Waals surface area contributed by atoms with E-state index in [-0.39, 0.29) is 5.95 Å². The Kier molecular flexibility index (Phi) is 6.63. The summed E-state index contributed by atoms with van der Waals surface area (Å²) in [6.07, 6.45) is 5.43. The van der Waals surface area contributed by atoms with Gasteiger partial charge < -0.3 is 30.5 Å². The van der Waals surface area contributed by atoms with E-state index in [1.165, 1.54) is 11.3 Å². The number of nitrogen functional groups attached to an aromatic ring is 1. The molecule has 0 saturated carbocycles. The van der Waals surface area contributed by atoms with Crippen LogP contribution in [0.3, 0.4) is 0 Å². The van der Waals surface area contributed by atoms with Crippen LogP contribution in [0.1, 0.15) is 11.1 Å². The molecule has 36 heavy (non-hydrogen) atoms. The van der Waals surface area contributed by atoms with E-state index in [0.29, 0.717) is 13.2 Å². The number of benzene rings is 1. The number of rotatable bonds is 6. The van der Waals surface area contributed by atoms with Gasteiger partial charge in [-0.1, -0.05) is 12.1 Å². The minimum atomic E-state index is 0.261. The summed E-state index contributed by atoms with van der Waals surface area (Å²) in [5.74, 6) is 1.96. The van der Waals surface area contributed by atoms with E-state index in [0.717, 1.165) is 93.8 Å². The molecule has 0 radical (unpaired) electrons. The van der Waals surface area contributed by atoms with Crippen molar-refractivity contribution in [3.05, 3.63) is 47.8 Å². The first kappa shape index (κ1) is 23.1. The van der Waals surface area contributed by atoms with E-state index in [4.69, 9.17) is 20.4 Å². The molecule has 3 aliphatic rings. The molecule has 3 N–H and O–H groups in total. The quantitative estimate of drug-likeness (QED) is 0.531. The Labute approximate surface area is 211 Å². The molecule has 3 aliphatic heterocycles. The smallest absolute Gasteiger partial charge is 0.228 e. The topological polar surface area (TPSA) is 109 Å². The fraction of sp³-hybridized carbons (Fsp3) is 0.462. The van der Waals surface area contributed by atoms with Crippen LogP contribution in [0.15, 0.2) is 36.7 Å². The Bertz CT molecular complexity index is 1190. The Morgan fingerprint density at radius 2 is 1.78 bits per heavy atom. The number of hydrogen-bond acceptors (Lipinski definition) is 10. The van der Waals surface area contributed by atoms with Crippen molar-refractivity contribution in [3.63, 3.8) is 0 Å². The molecule has 1 aromatic carbocycles. The van der Waals surface area contributed by atoms with Gasteiger partial charge in [0.25, 0.3) is 0 Å². The van der Waals surface area contributed by atoms with Gasteiger partial charge in [0.1, 0.15) is 5.82 Å². The fourth-order valence-corrected chi connectivity index (χ4v) is 5.20. The van der Waals surface area contributed by atoms with Crippen LogP contribution < -0.4 is 20.9 Å². The van der Waals surface area contributed by atoms with Gasteiger partial charge in [-0.25, -0.2) is 15.0 Å². The number of nitrogens with one attached hydrogen (secondary N) is 1. The number of morpholine rings is 1. The molecule has 10 heteroatoms. The van der Waals surface area contributed by atoms with Crippen molar-refractivity contribution in [1.82, 2.24) is 30.2 Å². The third kappa shape index (κ3) is 4.84. The Morgan fingerprint density at radius 3 is 2.58 bits per heavy atom. The Balaban J connectivity index is 1.32. The first-order valence-corrected chi connectivity index (χ1v) is 12.9. The third-order valence-electron chi connectivity index (χ3n) is 7.20. The molecule has 0 unspecified atom stereocenters. The number of piperazine rings is 1. The zero-order valence-corrected chi connectivity index (χ0v) is 20.6. The highest BCUT2D eigenvalue weighted by Gasteiger charge is 2.29. The summed E-state index contributed by atoms with van der Waals surface area (Å²) in [5, 5.41) is 3.43. The largest absolute Gasteiger partial charge is 0.378 e. The summed E-state index contributed by atoms with van der Waals surface area (Å²) in [7, 11) is 0. The predicted octanol–water partition coefficient (Wildman–Crippen LogP) is 1.49. The molecular weight excluding hydrogens is 454 g/mol. The molecule has 0 bridgehead atoms. The molecule has 0 amide bonds. The zero-order valence-electron chi connectivity index (χ0n) is 20.6. The number of fused-ring (bicyclic) bond motifs is 1. The minimum Gasteiger partial charge on any atom is -0.378 e. The molecule has 0 spiro atoms. The average molecular weight is 488 g/mol. The van der Waals surface area contributed by atoms with Crippen molar-refractivity contribution < 1.29 is 4.74 Å². The average Bonchev–Trinajstić information content (AvgIpc) is 3.37. The van der Waals surface area contributed by atoms with E-state index in [1.807, 2.05) is 0 Å². The van der Waals surface area contributed by atoms with Crippen molar-refractivity contribution in [1.29, 1.82) is 0 Å². The van der Waals surface area contributed by atoms with E-state index >= 15 is 0 Å². The molecule has 2 saturated heterocycles. The Hall–Kier alpha value is -3.34. The normalized spacial score (nSPS) is 18.4. The van der Waals surface area contributed by atoms with Crippen LogP contribution in [-0.4, -0.2) is 90.4 Å². The SMILES string of the molecule is Nc1ncc(-c2nc(N3CCOCC3)nc3c2CCN3c2cccc(CCN3CCNCC3)c2)cn1. The highest BCUT2D eigenvalue weighted by atomic mass is 16.5. The molecular formula is C26H33N9O. The van der Waals surface area contributed by atoms with E-state index in [9.17, 15) is 0 Å². The lowest BCUT2D eigenvalue weighted by Crippen LogP contribution is -2.44. The van der Waals surface area contributed by atoms with Crippen LogP contribution in [0.25, 0.3) is 11.3 Å². The standard InChI is InChI=1S/C26H33N9O/c27-25-29-17-20(18-30-25)23-22-5-9-35(24(22)32-26(31-23)34-12-14-36-15-13-34)21-3-1-2-19(16-21)4-8-33-10-6-28-7-11-33/h1-3,16-18,28H,4-15H2,(H2,27,29,30). The Morgan fingerprint density at radius 1 is 0.972 bits per heavy atom. The van der Waals surface area contributed by atoms with Gasteiger partial charge in [0.05, 0.1) is 18.9 Å². The highest BCUT2D eigenvalue weighted by Crippen LogP contribution is 2.39. The van der Waals surface area contributed by atoms with Crippen LogP contribution >= 0.6 is 0 Å². The maximum atomic E-state index is 5.76. The summed E-state index contributed by atoms with van der Waals surface area (Å²) in [5.41, 5.74) is 11.2. The summed E-state index contributed by atoms with van der Waals surface area (Å²) in [6, 6.07) is 8.91. The predicted molar refractivity (Wildman–Crippen MR) is 141 cm³/mol. The lowest BCUT2D eigenvalue weighted by molar-refractivity contribution is 0.122. The number of anilines is 4. The summed E-state index contributed by atoms with van der Waals surface area (Å²) >= 11 is 0. The lowest BCUT2D eigenvalue weighted by atomic mass is 10.1. The first-order chi connectivity index (χ1) is 17.7. The van der Waals surface area contributed by atoms with Crippen molar-refractivity contribution in [3.8, 4) is 11.3 Å². The summed E-state index contributed by atoms with van der Waals surface area (Å²) in [4.78, 5) is 25.6. The molecule has 5 heterocycles. The summed E-state index contributed by atoms with van der Waals surface area (Å²) in [6.45, 7) is 9.27. The van der Waals surface area contributed by atoms with Gasteiger partial charge in [-0.3, -0.25) is 0 Å². The van der Waals surface area contributed by atoms with Crippen molar-refractivity contribution >= 4 is 23.4 Å². The van der Waals surface area contributed by atoms with Gasteiger partial charge in [-0.05, 0) is 30.5 Å². The lowest BCUT2D eigenvalue weighted by Gasteiger charge is -2.28. The van der Waals surface area contributed by atoms with Crippen molar-refractivity contribution in [2.45, 2.75) is 12.8 Å². The van der Waals surface area contributed by atoms with E-state index in [1.54, 1.807) is 12.4 Å². The molecule has 188 valence electrons. The second-order valence-electron chi connectivity index (χ2n) is 9.52. The highest BCUT2D eigenvalue weighted by molar-refractivity contribution is 5.76. The van der Waals surface area contributed by atoms with Crippen LogP contribution in [0.4, 0.5) is 23.4 Å². The van der Waals surface area contributed by atoms with Gasteiger partial charge in [-0.15, -0.1) is 0 Å². The van der Waals surface area contributed by atoms with Gasteiger partial charge >= 0.3 is 0 Å². The maximum Gasteiger partial charge on any atom is 0.228 e. The van der Waals surface area contributed by atoms with Gasteiger partial charge in [0.2, 0.25) is 11.9 Å². The molecule has 0 aliphatic carbocycles. The molecule has 0 atom stereocenters. The number of nitrogens with zero attached hydrogens (tertiary/aromatic N) is 7. The number of nitrogens with two attached hydrogens (primary N) is 1. The minimum absolute atomic E-state index is 0.261. The summed E-state index contributed by atoms with van der Waals surface area (Å²) < 4.78 is 5.56. The van der Waals surface area contributed by atoms with E-state index < -0.39 is 0 Å². The monoisotopic (exact) mass is 487 g/mol. The second-order valence-corrected chi connectivity index (χ2v) is 9.52. The fourth-order valence-electron chi connectivity index (χ4n) is 5.20. The molecule has 2 aromatic heterocycles. The van der Waals surface area contributed by atoms with Gasteiger partial charge in [-0.2, -0.15) is 4.98 Å². The third-order valence-corrected chi connectivity index (χ3v) is 7.20. The number of hydrogen-bond donors (Lipinski definition) is 2. The van der Waals surface area contributed by atoms with Crippen LogP contribution in [0.2, 0.25) is 0 Å². The van der Waals surface area contributed by atoms with Crippen LogP contribution in [0.5, 0.6) is 0 Å². The van der Waals surface area contributed by atoms with Gasteiger partial charge in [0.15, 0.2) is 0 Å². The second kappa shape index (κ2) is 10.3. The van der Waals surface area contributed by atoms with Crippen molar-refractivity contribution in [2.75, 3.05) is 81.1 Å². The zero-order chi connectivity index (χ0) is 24.3. The van der Waals surface area contributed by atoms with Crippen LogP contribution in [0, 0.1) is 0 Å².